The topological polar surface area (TPSA) is 41.6 Å². The average molecular weight is 399 g/mol. The fourth-order valence-electron chi connectivity index (χ4n) is 3.52. The fourth-order valence-corrected chi connectivity index (χ4v) is 4.44. The number of carbonyl (C=O) groups excluding carboxylic acids is 1. The molecule has 0 bridgehead atoms. The van der Waals surface area contributed by atoms with Gasteiger partial charge in [0.25, 0.3) is 0 Å². The van der Waals surface area contributed by atoms with E-state index in [0.717, 1.165) is 30.1 Å². The van der Waals surface area contributed by atoms with Gasteiger partial charge in [-0.25, -0.2) is 0 Å². The second-order valence-corrected chi connectivity index (χ2v) is 8.97. The third-order valence-electron chi connectivity index (χ3n) is 4.82. The van der Waals surface area contributed by atoms with Crippen LogP contribution in [-0.2, 0) is 22.6 Å². The fraction of sp³-hybridized carbons (Fsp3) is 0.435. The summed E-state index contributed by atoms with van der Waals surface area (Å²) in [5.41, 5.74) is 2.42. The van der Waals surface area contributed by atoms with Crippen molar-refractivity contribution in [2.24, 2.45) is 0 Å². The number of carbonyl (C=O) groups is 1. The SMILES string of the molecule is CC1CN(Cc2ccc(CNC(=O)C(C)Sc3ccccc3)cc2)CC(C)O1. The molecule has 1 aliphatic heterocycles. The van der Waals surface area contributed by atoms with Crippen LogP contribution in [0.3, 0.4) is 0 Å². The zero-order valence-electron chi connectivity index (χ0n) is 16.9. The molecule has 0 aromatic heterocycles. The van der Waals surface area contributed by atoms with Crippen molar-refractivity contribution >= 4 is 17.7 Å². The van der Waals surface area contributed by atoms with Crippen molar-refractivity contribution in [2.45, 2.75) is 56.2 Å². The van der Waals surface area contributed by atoms with Gasteiger partial charge in [-0.3, -0.25) is 9.69 Å². The van der Waals surface area contributed by atoms with E-state index in [4.69, 9.17) is 4.74 Å². The molecule has 1 saturated heterocycles. The highest BCUT2D eigenvalue weighted by molar-refractivity contribution is 8.00. The maximum atomic E-state index is 12.4. The Labute approximate surface area is 172 Å². The van der Waals surface area contributed by atoms with Crippen LogP contribution in [0.5, 0.6) is 0 Å². The first-order valence-corrected chi connectivity index (χ1v) is 10.8. The Morgan fingerprint density at radius 1 is 1.07 bits per heavy atom. The molecular weight excluding hydrogens is 368 g/mol. The van der Waals surface area contributed by atoms with Gasteiger partial charge in [0.05, 0.1) is 17.5 Å². The first-order valence-electron chi connectivity index (χ1n) is 9.94. The van der Waals surface area contributed by atoms with Gasteiger partial charge in [-0.1, -0.05) is 42.5 Å². The lowest BCUT2D eigenvalue weighted by Gasteiger charge is -2.35. The lowest BCUT2D eigenvalue weighted by molar-refractivity contribution is -0.120. The van der Waals surface area contributed by atoms with E-state index in [1.165, 1.54) is 5.56 Å². The summed E-state index contributed by atoms with van der Waals surface area (Å²) >= 11 is 1.58. The van der Waals surface area contributed by atoms with Gasteiger partial charge in [-0.05, 0) is 44.0 Å². The summed E-state index contributed by atoms with van der Waals surface area (Å²) in [6.45, 7) is 9.65. The van der Waals surface area contributed by atoms with Gasteiger partial charge in [0, 0.05) is 31.1 Å². The molecule has 150 valence electrons. The lowest BCUT2D eigenvalue weighted by Crippen LogP contribution is -2.44. The van der Waals surface area contributed by atoms with Crippen molar-refractivity contribution < 1.29 is 9.53 Å². The molecule has 0 radical (unpaired) electrons. The van der Waals surface area contributed by atoms with Crippen LogP contribution in [0.1, 0.15) is 31.9 Å². The molecular formula is C23H30N2O2S. The Bertz CT molecular complexity index is 741. The molecule has 5 heteroatoms. The molecule has 1 amide bonds. The summed E-state index contributed by atoms with van der Waals surface area (Å²) in [6.07, 6.45) is 0.572. The number of hydrogen-bond donors (Lipinski definition) is 1. The molecule has 2 aromatic carbocycles. The van der Waals surface area contributed by atoms with Crippen LogP contribution in [0, 0.1) is 0 Å². The maximum Gasteiger partial charge on any atom is 0.233 e. The highest BCUT2D eigenvalue weighted by atomic mass is 32.2. The second kappa shape index (κ2) is 10.1. The average Bonchev–Trinajstić information content (AvgIpc) is 2.67. The monoisotopic (exact) mass is 398 g/mol. The van der Waals surface area contributed by atoms with Crippen LogP contribution in [0.4, 0.5) is 0 Å². The van der Waals surface area contributed by atoms with Crippen molar-refractivity contribution in [3.8, 4) is 0 Å². The van der Waals surface area contributed by atoms with Gasteiger partial charge in [0.15, 0.2) is 0 Å². The molecule has 1 aliphatic rings. The predicted molar refractivity (Wildman–Crippen MR) is 115 cm³/mol. The van der Waals surface area contributed by atoms with E-state index in [0.29, 0.717) is 6.54 Å². The second-order valence-electron chi connectivity index (χ2n) is 7.56. The molecule has 4 nitrogen and oxygen atoms in total. The summed E-state index contributed by atoms with van der Waals surface area (Å²) in [5, 5.41) is 2.93. The van der Waals surface area contributed by atoms with Crippen molar-refractivity contribution in [2.75, 3.05) is 13.1 Å². The van der Waals surface area contributed by atoms with Gasteiger partial charge in [-0.15, -0.1) is 11.8 Å². The number of nitrogens with one attached hydrogen (secondary N) is 1. The first kappa shape index (κ1) is 20.9. The number of hydrogen-bond acceptors (Lipinski definition) is 4. The van der Waals surface area contributed by atoms with Crippen LogP contribution in [-0.4, -0.2) is 41.4 Å². The number of nitrogens with zero attached hydrogens (tertiary/aromatic N) is 1. The Hall–Kier alpha value is -1.82. The van der Waals surface area contributed by atoms with E-state index in [2.05, 4.69) is 48.3 Å². The Morgan fingerprint density at radius 3 is 2.32 bits per heavy atom. The standard InChI is InChI=1S/C23H30N2O2S/c1-17-14-25(15-18(2)27-17)16-21-11-9-20(10-12-21)13-24-23(26)19(3)28-22-7-5-4-6-8-22/h4-12,17-19H,13-16H2,1-3H3,(H,24,26). The number of morpholine rings is 1. The molecule has 1 heterocycles. The number of ether oxygens (including phenoxy) is 1. The van der Waals surface area contributed by atoms with E-state index in [9.17, 15) is 4.79 Å². The molecule has 0 saturated carbocycles. The van der Waals surface area contributed by atoms with Crippen LogP contribution >= 0.6 is 11.8 Å². The van der Waals surface area contributed by atoms with Gasteiger partial charge in [-0.2, -0.15) is 0 Å². The minimum absolute atomic E-state index is 0.0641. The van der Waals surface area contributed by atoms with Crippen molar-refractivity contribution in [3.63, 3.8) is 0 Å². The lowest BCUT2D eigenvalue weighted by atomic mass is 10.1. The molecule has 3 unspecified atom stereocenters. The van der Waals surface area contributed by atoms with Crippen molar-refractivity contribution in [1.29, 1.82) is 0 Å². The van der Waals surface area contributed by atoms with Gasteiger partial charge < -0.3 is 10.1 Å². The number of benzene rings is 2. The Kier molecular flexibility index (Phi) is 7.54. The van der Waals surface area contributed by atoms with Crippen LogP contribution < -0.4 is 5.32 Å². The quantitative estimate of drug-likeness (QED) is 0.713. The first-order chi connectivity index (χ1) is 13.5. The van der Waals surface area contributed by atoms with Crippen LogP contribution in [0.25, 0.3) is 0 Å². The summed E-state index contributed by atoms with van der Waals surface area (Å²) in [6, 6.07) is 18.6. The Morgan fingerprint density at radius 2 is 1.68 bits per heavy atom. The summed E-state index contributed by atoms with van der Waals surface area (Å²) in [4.78, 5) is 15.9. The van der Waals surface area contributed by atoms with Crippen molar-refractivity contribution in [1.82, 2.24) is 10.2 Å². The van der Waals surface area contributed by atoms with Crippen LogP contribution in [0.2, 0.25) is 0 Å². The summed E-state index contributed by atoms with van der Waals surface area (Å²) < 4.78 is 5.80. The molecule has 0 aliphatic carbocycles. The molecule has 1 fully saturated rings. The third-order valence-corrected chi connectivity index (χ3v) is 5.93. The van der Waals surface area contributed by atoms with Gasteiger partial charge >= 0.3 is 0 Å². The minimum Gasteiger partial charge on any atom is -0.373 e. The van der Waals surface area contributed by atoms with E-state index in [1.54, 1.807) is 11.8 Å². The van der Waals surface area contributed by atoms with E-state index < -0.39 is 0 Å². The molecule has 0 spiro atoms. The smallest absolute Gasteiger partial charge is 0.233 e. The molecule has 28 heavy (non-hydrogen) atoms. The summed E-state index contributed by atoms with van der Waals surface area (Å²) in [5.74, 6) is 0.0641. The van der Waals surface area contributed by atoms with E-state index >= 15 is 0 Å². The zero-order chi connectivity index (χ0) is 19.9. The van der Waals surface area contributed by atoms with Gasteiger partial charge in [0.2, 0.25) is 5.91 Å². The molecule has 3 rings (SSSR count). The van der Waals surface area contributed by atoms with E-state index in [1.807, 2.05) is 37.3 Å². The molecule has 3 atom stereocenters. The maximum absolute atomic E-state index is 12.4. The van der Waals surface area contributed by atoms with Crippen LogP contribution in [0.15, 0.2) is 59.5 Å². The molecule has 1 N–H and O–H groups in total. The highest BCUT2D eigenvalue weighted by Crippen LogP contribution is 2.22. The zero-order valence-corrected chi connectivity index (χ0v) is 17.7. The third kappa shape index (κ3) is 6.36. The minimum atomic E-state index is -0.119. The number of thioether (sulfide) groups is 1. The summed E-state index contributed by atoms with van der Waals surface area (Å²) in [7, 11) is 0. The predicted octanol–water partition coefficient (Wildman–Crippen LogP) is 4.09. The Balaban J connectivity index is 1.45. The number of amides is 1. The molecule has 2 aromatic rings. The van der Waals surface area contributed by atoms with E-state index in [-0.39, 0.29) is 23.4 Å². The normalized spacial score (nSPS) is 21.2. The van der Waals surface area contributed by atoms with Gasteiger partial charge in [0.1, 0.15) is 0 Å². The highest BCUT2D eigenvalue weighted by Gasteiger charge is 2.22. The largest absolute Gasteiger partial charge is 0.373 e. The van der Waals surface area contributed by atoms with Crippen molar-refractivity contribution in [3.05, 3.63) is 65.7 Å². The number of rotatable bonds is 7.